The molecule has 0 aromatic rings. The minimum Gasteiger partial charge on any atom is -0.387 e. The van der Waals surface area contributed by atoms with Crippen LogP contribution in [-0.4, -0.2) is 146 Å². The van der Waals surface area contributed by atoms with Crippen LogP contribution in [0.2, 0.25) is 0 Å². The zero-order valence-corrected chi connectivity index (χ0v) is 21.3. The maximum atomic E-state index is 12.2. The molecule has 0 unspecified atom stereocenters. The van der Waals surface area contributed by atoms with Crippen molar-refractivity contribution in [3.63, 3.8) is 0 Å². The monoisotopic (exact) mass is 492 g/mol. The summed E-state index contributed by atoms with van der Waals surface area (Å²) < 4.78 is 0. The Morgan fingerprint density at radius 3 is 1.24 bits per heavy atom. The normalized spacial score (nSPS) is 15.2. The summed E-state index contributed by atoms with van der Waals surface area (Å²) in [6, 6.07) is 0. The molecular formula is C22H48N6O6. The number of hydrogen-bond donors (Lipinski definition) is 8. The summed E-state index contributed by atoms with van der Waals surface area (Å²) in [6.45, 7) is 10.6. The van der Waals surface area contributed by atoms with Gasteiger partial charge in [-0.1, -0.05) is 13.8 Å². The first-order valence-corrected chi connectivity index (χ1v) is 12.2. The standard InChI is InChI=1S/C22H48N6O6/c1-5-11-27(13-7-23-3)15-9-25-21(33)19(31)17(29)18(30)20(32)22(34)26-10-16-28(12-6-2)14-8-24-4/h17-20,23-24,29-32H,5-16H2,1-4H3,(H,25,33)(H,26,34)/t17-,18-,19-,20+/m1/s1. The van der Waals surface area contributed by atoms with E-state index in [9.17, 15) is 30.0 Å². The van der Waals surface area contributed by atoms with Crippen LogP contribution in [0.15, 0.2) is 0 Å². The van der Waals surface area contributed by atoms with Crippen LogP contribution in [0, 0.1) is 0 Å². The first kappa shape index (κ1) is 32.6. The predicted molar refractivity (Wildman–Crippen MR) is 131 cm³/mol. The van der Waals surface area contributed by atoms with Crippen molar-refractivity contribution in [2.75, 3.05) is 79.5 Å². The first-order valence-electron chi connectivity index (χ1n) is 12.2. The largest absolute Gasteiger partial charge is 0.387 e. The third-order valence-corrected chi connectivity index (χ3v) is 5.42. The van der Waals surface area contributed by atoms with Gasteiger partial charge in [-0.2, -0.15) is 0 Å². The van der Waals surface area contributed by atoms with E-state index in [0.717, 1.165) is 52.1 Å². The quantitative estimate of drug-likeness (QED) is 0.0805. The fraction of sp³-hybridized carbons (Fsp3) is 0.909. The summed E-state index contributed by atoms with van der Waals surface area (Å²) in [5, 5.41) is 51.6. The molecule has 0 radical (unpaired) electrons. The Morgan fingerprint density at radius 1 is 0.618 bits per heavy atom. The van der Waals surface area contributed by atoms with Gasteiger partial charge < -0.3 is 51.5 Å². The van der Waals surface area contributed by atoms with Gasteiger partial charge in [0, 0.05) is 52.4 Å². The van der Waals surface area contributed by atoms with Crippen LogP contribution in [-0.2, 0) is 9.59 Å². The van der Waals surface area contributed by atoms with E-state index in [0.29, 0.717) is 13.1 Å². The molecule has 0 rings (SSSR count). The van der Waals surface area contributed by atoms with E-state index in [4.69, 9.17) is 0 Å². The molecule has 2 amide bonds. The third-order valence-electron chi connectivity index (χ3n) is 5.42. The van der Waals surface area contributed by atoms with E-state index in [-0.39, 0.29) is 13.1 Å². The molecule has 0 aliphatic rings. The molecular weight excluding hydrogens is 444 g/mol. The van der Waals surface area contributed by atoms with Crippen LogP contribution >= 0.6 is 0 Å². The number of hydrogen-bond acceptors (Lipinski definition) is 10. The van der Waals surface area contributed by atoms with Gasteiger partial charge in [0.1, 0.15) is 12.2 Å². The summed E-state index contributed by atoms with van der Waals surface area (Å²) in [5.41, 5.74) is 0. The summed E-state index contributed by atoms with van der Waals surface area (Å²) in [4.78, 5) is 28.6. The number of likely N-dealkylation sites (N-methyl/N-ethyl adjacent to an activating group) is 2. The minimum absolute atomic E-state index is 0.243. The van der Waals surface area contributed by atoms with Crippen molar-refractivity contribution in [2.45, 2.75) is 51.1 Å². The van der Waals surface area contributed by atoms with Crippen LogP contribution in [0.4, 0.5) is 0 Å². The molecule has 0 aromatic heterocycles. The molecule has 0 saturated carbocycles. The molecule has 12 nitrogen and oxygen atoms in total. The number of amides is 2. The third kappa shape index (κ3) is 13.5. The summed E-state index contributed by atoms with van der Waals surface area (Å²) in [6.07, 6.45) is -6.12. The zero-order valence-electron chi connectivity index (χ0n) is 21.3. The van der Waals surface area contributed by atoms with Gasteiger partial charge in [0.25, 0.3) is 11.8 Å². The average molecular weight is 493 g/mol. The molecule has 0 heterocycles. The Morgan fingerprint density at radius 2 is 0.941 bits per heavy atom. The van der Waals surface area contributed by atoms with Gasteiger partial charge in [-0.25, -0.2) is 0 Å². The van der Waals surface area contributed by atoms with Crippen LogP contribution in [0.25, 0.3) is 0 Å². The topological polar surface area (TPSA) is 170 Å². The second kappa shape index (κ2) is 19.9. The van der Waals surface area contributed by atoms with Crippen LogP contribution in [0.3, 0.4) is 0 Å². The lowest BCUT2D eigenvalue weighted by Crippen LogP contribution is -2.55. The Labute approximate surface area is 204 Å². The molecule has 12 heteroatoms. The van der Waals surface area contributed by atoms with Crippen molar-refractivity contribution in [3.05, 3.63) is 0 Å². The highest BCUT2D eigenvalue weighted by atomic mass is 16.4. The van der Waals surface area contributed by atoms with Crippen molar-refractivity contribution in [1.82, 2.24) is 31.1 Å². The van der Waals surface area contributed by atoms with Crippen LogP contribution < -0.4 is 21.3 Å². The van der Waals surface area contributed by atoms with Gasteiger partial charge in [-0.3, -0.25) is 9.59 Å². The highest BCUT2D eigenvalue weighted by molar-refractivity contribution is 5.83. The number of nitrogens with zero attached hydrogens (tertiary/aromatic N) is 2. The number of aliphatic hydroxyl groups excluding tert-OH is 4. The summed E-state index contributed by atoms with van der Waals surface area (Å²) in [7, 11) is 3.71. The molecule has 0 aliphatic heterocycles. The van der Waals surface area contributed by atoms with E-state index in [2.05, 4.69) is 44.9 Å². The maximum absolute atomic E-state index is 12.2. The fourth-order valence-corrected chi connectivity index (χ4v) is 3.41. The predicted octanol–water partition coefficient (Wildman–Crippen LogP) is -3.47. The Kier molecular flexibility index (Phi) is 19.1. The lowest BCUT2D eigenvalue weighted by atomic mass is 10.0. The smallest absolute Gasteiger partial charge is 0.251 e. The van der Waals surface area contributed by atoms with Crippen LogP contribution in [0.1, 0.15) is 26.7 Å². The van der Waals surface area contributed by atoms with Crippen molar-refractivity contribution in [1.29, 1.82) is 0 Å². The van der Waals surface area contributed by atoms with Crippen molar-refractivity contribution in [2.24, 2.45) is 0 Å². The second-order valence-corrected chi connectivity index (χ2v) is 8.34. The molecule has 0 spiro atoms. The van der Waals surface area contributed by atoms with E-state index < -0.39 is 36.2 Å². The highest BCUT2D eigenvalue weighted by Crippen LogP contribution is 2.06. The molecule has 8 N–H and O–H groups in total. The van der Waals surface area contributed by atoms with Gasteiger partial charge >= 0.3 is 0 Å². The van der Waals surface area contributed by atoms with Crippen molar-refractivity contribution < 1.29 is 30.0 Å². The van der Waals surface area contributed by atoms with Crippen LogP contribution in [0.5, 0.6) is 0 Å². The lowest BCUT2D eigenvalue weighted by molar-refractivity contribution is -0.155. The molecule has 34 heavy (non-hydrogen) atoms. The molecule has 4 atom stereocenters. The van der Waals surface area contributed by atoms with E-state index in [1.807, 2.05) is 14.1 Å². The van der Waals surface area contributed by atoms with E-state index >= 15 is 0 Å². The Hall–Kier alpha value is -1.38. The number of nitrogens with one attached hydrogen (secondary N) is 4. The minimum atomic E-state index is -2.02. The Bertz CT molecular complexity index is 498. The Balaban J connectivity index is 4.53. The SMILES string of the molecule is CCCN(CCNC)CCNC(=O)[C@@H](O)[C@H](O)[C@@H](O)[C@@H](O)C(=O)NCCN(CCC)CCNC. The number of carbonyl (C=O) groups is 2. The zero-order chi connectivity index (χ0) is 25.9. The average Bonchev–Trinajstić information content (AvgIpc) is 2.83. The molecule has 0 fully saturated rings. The first-order chi connectivity index (χ1) is 16.2. The second-order valence-electron chi connectivity index (χ2n) is 8.34. The number of rotatable bonds is 21. The van der Waals surface area contributed by atoms with Gasteiger partial charge in [0.05, 0.1) is 0 Å². The lowest BCUT2D eigenvalue weighted by Gasteiger charge is -2.26. The van der Waals surface area contributed by atoms with Crippen molar-refractivity contribution in [3.8, 4) is 0 Å². The van der Waals surface area contributed by atoms with Gasteiger partial charge in [0.2, 0.25) is 0 Å². The molecule has 0 saturated heterocycles. The van der Waals surface area contributed by atoms with Gasteiger partial charge in [-0.15, -0.1) is 0 Å². The van der Waals surface area contributed by atoms with Gasteiger partial charge in [-0.05, 0) is 40.0 Å². The molecule has 0 bridgehead atoms. The molecule has 0 aromatic carbocycles. The van der Waals surface area contributed by atoms with Gasteiger partial charge in [0.15, 0.2) is 12.2 Å². The molecule has 202 valence electrons. The summed E-state index contributed by atoms with van der Waals surface area (Å²) in [5.74, 6) is -1.77. The summed E-state index contributed by atoms with van der Waals surface area (Å²) >= 11 is 0. The maximum Gasteiger partial charge on any atom is 0.251 e. The number of aliphatic hydroxyl groups is 4. The fourth-order valence-electron chi connectivity index (χ4n) is 3.41. The molecule has 0 aliphatic carbocycles. The van der Waals surface area contributed by atoms with E-state index in [1.165, 1.54) is 0 Å². The highest BCUT2D eigenvalue weighted by Gasteiger charge is 2.37. The van der Waals surface area contributed by atoms with Crippen molar-refractivity contribution >= 4 is 11.8 Å². The van der Waals surface area contributed by atoms with E-state index in [1.54, 1.807) is 0 Å². The number of carbonyl (C=O) groups excluding carboxylic acids is 2.